The first-order chi connectivity index (χ1) is 11.5. The van der Waals surface area contributed by atoms with Gasteiger partial charge >= 0.3 is 5.97 Å². The molecule has 1 heterocycles. The number of aliphatic carboxylic acids is 1. The van der Waals surface area contributed by atoms with Crippen LogP contribution < -0.4 is 4.74 Å². The van der Waals surface area contributed by atoms with Crippen molar-refractivity contribution in [1.29, 1.82) is 0 Å². The van der Waals surface area contributed by atoms with E-state index >= 15 is 0 Å². The number of benzene rings is 1. The Bertz CT molecular complexity index is 564. The predicted octanol–water partition coefficient (Wildman–Crippen LogP) is 2.33. The molecular weight excluding hydrogens is 308 g/mol. The molecule has 134 valence electrons. The smallest absolute Gasteiger partial charge is 0.325 e. The number of carboxylic acids is 1. The number of aromatic hydroxyl groups is 1. The third-order valence-electron chi connectivity index (χ3n) is 4.71. The van der Waals surface area contributed by atoms with Crippen molar-refractivity contribution in [3.8, 4) is 11.5 Å². The fourth-order valence-corrected chi connectivity index (χ4v) is 3.44. The number of phenols is 1. The Kier molecular flexibility index (Phi) is 6.45. The maximum Gasteiger partial charge on any atom is 0.325 e. The van der Waals surface area contributed by atoms with Crippen molar-refractivity contribution in [2.75, 3.05) is 32.8 Å². The lowest BCUT2D eigenvalue weighted by molar-refractivity contribution is -0.145. The van der Waals surface area contributed by atoms with E-state index in [1.54, 1.807) is 12.1 Å². The van der Waals surface area contributed by atoms with Gasteiger partial charge in [-0.15, -0.1) is 0 Å². The van der Waals surface area contributed by atoms with Crippen LogP contribution in [0.15, 0.2) is 18.2 Å². The number of hydrogen-bond donors (Lipinski definition) is 2. The fraction of sp³-hybridized carbons (Fsp3) is 0.611. The van der Waals surface area contributed by atoms with Gasteiger partial charge in [0, 0.05) is 25.7 Å². The predicted molar refractivity (Wildman–Crippen MR) is 92.6 cm³/mol. The molecule has 6 nitrogen and oxygen atoms in total. The lowest BCUT2D eigenvalue weighted by Crippen LogP contribution is -2.54. The number of phenolic OH excluding ortho intramolecular Hbond substituents is 1. The second kappa shape index (κ2) is 8.35. The zero-order valence-corrected chi connectivity index (χ0v) is 14.7. The van der Waals surface area contributed by atoms with Gasteiger partial charge in [-0.3, -0.25) is 14.6 Å². The highest BCUT2D eigenvalue weighted by Gasteiger charge is 2.34. The molecule has 1 saturated heterocycles. The molecule has 2 unspecified atom stereocenters. The Morgan fingerprint density at radius 1 is 1.33 bits per heavy atom. The molecule has 1 fully saturated rings. The monoisotopic (exact) mass is 336 g/mol. The molecule has 1 aliphatic heterocycles. The molecule has 1 aromatic rings. The Hall–Kier alpha value is -1.79. The molecule has 2 atom stereocenters. The molecule has 0 spiro atoms. The summed E-state index contributed by atoms with van der Waals surface area (Å²) in [5, 5.41) is 19.6. The minimum atomic E-state index is -0.872. The van der Waals surface area contributed by atoms with Crippen LogP contribution in [0.2, 0.25) is 0 Å². The van der Waals surface area contributed by atoms with E-state index in [2.05, 4.69) is 18.7 Å². The highest BCUT2D eigenvalue weighted by Crippen LogP contribution is 2.32. The van der Waals surface area contributed by atoms with E-state index in [0.29, 0.717) is 30.5 Å². The van der Waals surface area contributed by atoms with E-state index < -0.39 is 12.0 Å². The Morgan fingerprint density at radius 2 is 2.08 bits per heavy atom. The van der Waals surface area contributed by atoms with Gasteiger partial charge in [-0.1, -0.05) is 19.9 Å². The Morgan fingerprint density at radius 3 is 2.67 bits per heavy atom. The molecule has 0 aromatic heterocycles. The minimum Gasteiger partial charge on any atom is -0.504 e. The lowest BCUT2D eigenvalue weighted by atomic mass is 10.0. The third kappa shape index (κ3) is 3.99. The van der Waals surface area contributed by atoms with E-state index in [9.17, 15) is 15.0 Å². The average molecular weight is 336 g/mol. The molecule has 1 aromatic carbocycles. The summed E-state index contributed by atoms with van der Waals surface area (Å²) in [6, 6.07) is 4.47. The number of ether oxygens (including phenoxy) is 1. The SMILES string of the molecule is CCOc1cc(C(C(=O)O)N2CCN(CC)C(CC)C2)ccc1O. The van der Waals surface area contributed by atoms with Gasteiger partial charge in [-0.05, 0) is 37.6 Å². The van der Waals surface area contributed by atoms with Gasteiger partial charge < -0.3 is 14.9 Å². The maximum absolute atomic E-state index is 11.9. The van der Waals surface area contributed by atoms with Crippen molar-refractivity contribution < 1.29 is 19.7 Å². The standard InChI is InChI=1S/C18H28N2O4/c1-4-14-12-20(10-9-19(14)5-2)17(18(22)23)13-7-8-15(21)16(11-13)24-6-3/h7-8,11,14,17,21H,4-6,9-10,12H2,1-3H3,(H,22,23). The summed E-state index contributed by atoms with van der Waals surface area (Å²) >= 11 is 0. The molecule has 0 saturated carbocycles. The minimum absolute atomic E-state index is 0.0342. The van der Waals surface area contributed by atoms with Gasteiger partial charge in [-0.25, -0.2) is 0 Å². The van der Waals surface area contributed by atoms with Crippen LogP contribution in [0.25, 0.3) is 0 Å². The Labute approximate surface area is 143 Å². The van der Waals surface area contributed by atoms with Crippen molar-refractivity contribution in [3.05, 3.63) is 23.8 Å². The number of carboxylic acid groups (broad SMARTS) is 1. The second-order valence-corrected chi connectivity index (χ2v) is 6.09. The van der Waals surface area contributed by atoms with Crippen LogP contribution in [0.5, 0.6) is 11.5 Å². The zero-order valence-electron chi connectivity index (χ0n) is 14.7. The molecule has 24 heavy (non-hydrogen) atoms. The zero-order chi connectivity index (χ0) is 17.7. The van der Waals surface area contributed by atoms with Crippen LogP contribution >= 0.6 is 0 Å². The molecule has 0 amide bonds. The quantitative estimate of drug-likeness (QED) is 0.796. The van der Waals surface area contributed by atoms with Crippen LogP contribution in [-0.4, -0.2) is 64.8 Å². The summed E-state index contributed by atoms with van der Waals surface area (Å²) in [5.41, 5.74) is 0.642. The van der Waals surface area contributed by atoms with Crippen molar-refractivity contribution in [1.82, 2.24) is 9.80 Å². The maximum atomic E-state index is 11.9. The second-order valence-electron chi connectivity index (χ2n) is 6.09. The van der Waals surface area contributed by atoms with E-state index in [0.717, 1.165) is 26.1 Å². The first-order valence-electron chi connectivity index (χ1n) is 8.68. The molecular formula is C18H28N2O4. The normalized spacial score (nSPS) is 20.7. The Balaban J connectivity index is 2.27. The van der Waals surface area contributed by atoms with Crippen LogP contribution in [-0.2, 0) is 4.79 Å². The van der Waals surface area contributed by atoms with Crippen molar-refractivity contribution >= 4 is 5.97 Å². The number of hydrogen-bond acceptors (Lipinski definition) is 5. The molecule has 2 rings (SSSR count). The molecule has 2 N–H and O–H groups in total. The lowest BCUT2D eigenvalue weighted by Gasteiger charge is -2.43. The average Bonchev–Trinajstić information content (AvgIpc) is 2.57. The first kappa shape index (κ1) is 18.5. The van der Waals surface area contributed by atoms with E-state index in [-0.39, 0.29) is 5.75 Å². The van der Waals surface area contributed by atoms with Gasteiger partial charge in [0.25, 0.3) is 0 Å². The summed E-state index contributed by atoms with van der Waals surface area (Å²) in [7, 11) is 0. The number of nitrogens with zero attached hydrogens (tertiary/aromatic N) is 2. The fourth-order valence-electron chi connectivity index (χ4n) is 3.44. The van der Waals surface area contributed by atoms with Gasteiger partial charge in [0.15, 0.2) is 11.5 Å². The summed E-state index contributed by atoms with van der Waals surface area (Å²) in [6.45, 7) is 9.82. The highest BCUT2D eigenvalue weighted by molar-refractivity contribution is 5.76. The largest absolute Gasteiger partial charge is 0.504 e. The van der Waals surface area contributed by atoms with E-state index in [4.69, 9.17) is 4.74 Å². The summed E-state index contributed by atoms with van der Waals surface area (Å²) in [6.07, 6.45) is 0.996. The molecule has 0 radical (unpaired) electrons. The molecule has 6 heteroatoms. The van der Waals surface area contributed by atoms with Crippen molar-refractivity contribution in [2.45, 2.75) is 39.3 Å². The first-order valence-corrected chi connectivity index (χ1v) is 8.68. The molecule has 1 aliphatic rings. The van der Waals surface area contributed by atoms with E-state index in [1.807, 2.05) is 11.8 Å². The van der Waals surface area contributed by atoms with Crippen molar-refractivity contribution in [3.63, 3.8) is 0 Å². The van der Waals surface area contributed by atoms with Crippen LogP contribution in [0, 0.1) is 0 Å². The molecule has 0 bridgehead atoms. The van der Waals surface area contributed by atoms with Crippen LogP contribution in [0.1, 0.15) is 38.8 Å². The summed E-state index contributed by atoms with van der Waals surface area (Å²) in [4.78, 5) is 16.4. The topological polar surface area (TPSA) is 73.2 Å². The van der Waals surface area contributed by atoms with Crippen LogP contribution in [0.3, 0.4) is 0 Å². The van der Waals surface area contributed by atoms with Gasteiger partial charge in [0.2, 0.25) is 0 Å². The van der Waals surface area contributed by atoms with Gasteiger partial charge in [0.1, 0.15) is 6.04 Å². The van der Waals surface area contributed by atoms with Gasteiger partial charge in [0.05, 0.1) is 6.61 Å². The highest BCUT2D eigenvalue weighted by atomic mass is 16.5. The summed E-state index contributed by atoms with van der Waals surface area (Å²) < 4.78 is 5.40. The third-order valence-corrected chi connectivity index (χ3v) is 4.71. The van der Waals surface area contributed by atoms with Gasteiger partial charge in [-0.2, -0.15) is 0 Å². The number of piperazine rings is 1. The summed E-state index contributed by atoms with van der Waals surface area (Å²) in [5.74, 6) is -0.504. The number of carbonyl (C=O) groups is 1. The number of rotatable bonds is 7. The van der Waals surface area contributed by atoms with Crippen LogP contribution in [0.4, 0.5) is 0 Å². The molecule has 0 aliphatic carbocycles. The van der Waals surface area contributed by atoms with E-state index in [1.165, 1.54) is 6.07 Å². The number of likely N-dealkylation sites (N-methyl/N-ethyl adjacent to an activating group) is 1. The van der Waals surface area contributed by atoms with Crippen molar-refractivity contribution in [2.24, 2.45) is 0 Å².